The highest BCUT2D eigenvalue weighted by Crippen LogP contribution is 2.51. The minimum absolute atomic E-state index is 0.0864. The predicted molar refractivity (Wildman–Crippen MR) is 275 cm³/mol. The smallest absolute Gasteiger partial charge is 0.0636 e. The number of benzene rings is 10. The molecule has 0 atom stereocenters. The van der Waals surface area contributed by atoms with Gasteiger partial charge in [-0.1, -0.05) is 178 Å². The SMILES string of the molecule is [2H]c1c([2H])c([2H])c(-c2c([2H])c(-c3ccc(N(c4ccc(-c5ccccc5)cc4)c4ccc5c(c4)C(C)(C)c4ccccc4-5)cc3)c([2H])c(-c3cccc4c3c3ccccc3n4-c3ccccc3)c2[2H])c([2H])c1[2H]. The molecule has 0 fully saturated rings. The first-order chi connectivity index (χ1) is 35.3. The summed E-state index contributed by atoms with van der Waals surface area (Å²) >= 11 is 0. The van der Waals surface area contributed by atoms with Gasteiger partial charge < -0.3 is 9.47 Å². The molecule has 10 aromatic carbocycles. The molecule has 308 valence electrons. The van der Waals surface area contributed by atoms with Crippen molar-refractivity contribution >= 4 is 38.9 Å². The molecule has 0 N–H and O–H groups in total. The minimum atomic E-state index is -0.570. The van der Waals surface area contributed by atoms with Gasteiger partial charge >= 0.3 is 0 Å². The Bertz CT molecular complexity index is 3990. The zero-order valence-electron chi connectivity index (χ0n) is 43.9. The van der Waals surface area contributed by atoms with E-state index in [0.29, 0.717) is 11.1 Å². The third kappa shape index (κ3) is 6.57. The van der Waals surface area contributed by atoms with Crippen molar-refractivity contribution in [1.82, 2.24) is 4.57 Å². The van der Waals surface area contributed by atoms with Crippen LogP contribution in [0.25, 0.3) is 83.1 Å². The second-order valence-corrected chi connectivity index (χ2v) is 17.1. The van der Waals surface area contributed by atoms with Crippen molar-refractivity contribution in [2.75, 3.05) is 4.90 Å². The fraction of sp³-hybridized carbons (Fsp3) is 0.0476. The Labute approximate surface area is 392 Å². The van der Waals surface area contributed by atoms with Gasteiger partial charge in [0.1, 0.15) is 0 Å². The first-order valence-electron chi connectivity index (χ1n) is 25.9. The molecule has 0 aliphatic heterocycles. The number of aromatic nitrogens is 1. The van der Waals surface area contributed by atoms with Crippen molar-refractivity contribution in [3.8, 4) is 61.3 Å². The lowest BCUT2D eigenvalue weighted by molar-refractivity contribution is 0.660. The van der Waals surface area contributed by atoms with Crippen LogP contribution in [0, 0.1) is 0 Å². The van der Waals surface area contributed by atoms with Crippen LogP contribution in [0.1, 0.15) is 35.9 Å². The molecule has 65 heavy (non-hydrogen) atoms. The van der Waals surface area contributed by atoms with Gasteiger partial charge in [-0.3, -0.25) is 0 Å². The summed E-state index contributed by atoms with van der Waals surface area (Å²) in [5.41, 5.74) is 13.3. The molecule has 1 aromatic heterocycles. The molecule has 1 aliphatic carbocycles. The van der Waals surface area contributed by atoms with Gasteiger partial charge in [0.15, 0.2) is 0 Å². The molecule has 0 unspecified atom stereocenters. The Morgan fingerprint density at radius 3 is 1.68 bits per heavy atom. The summed E-state index contributed by atoms with van der Waals surface area (Å²) in [5.74, 6) is 0. The van der Waals surface area contributed by atoms with Gasteiger partial charge in [-0.05, 0) is 146 Å². The summed E-state index contributed by atoms with van der Waals surface area (Å²) in [6.07, 6.45) is 0. The molecule has 0 radical (unpaired) electrons. The van der Waals surface area contributed by atoms with Crippen molar-refractivity contribution < 1.29 is 11.0 Å². The van der Waals surface area contributed by atoms with E-state index in [9.17, 15) is 4.11 Å². The fourth-order valence-corrected chi connectivity index (χ4v) is 9.82. The Morgan fingerprint density at radius 1 is 0.400 bits per heavy atom. The van der Waals surface area contributed by atoms with Crippen LogP contribution in [0.15, 0.2) is 242 Å². The number of para-hydroxylation sites is 2. The van der Waals surface area contributed by atoms with Crippen LogP contribution in [-0.4, -0.2) is 4.57 Å². The molecule has 0 amide bonds. The third-order valence-electron chi connectivity index (χ3n) is 13.0. The largest absolute Gasteiger partial charge is 0.310 e. The monoisotopic (exact) mass is 838 g/mol. The van der Waals surface area contributed by atoms with Gasteiger partial charge in [0, 0.05) is 38.9 Å². The lowest BCUT2D eigenvalue weighted by atomic mass is 9.82. The van der Waals surface area contributed by atoms with E-state index in [-0.39, 0.29) is 45.8 Å². The van der Waals surface area contributed by atoms with Gasteiger partial charge in [0.2, 0.25) is 0 Å². The standard InChI is InChI=1S/C63H46N2/c1-63(2)58-26-14-12-23-55(58)56-38-37-53(42-59(56)63)64(51-33-29-45(30-34-51)43-17-6-3-7-18-43)52-35-31-46(32-36-52)48-39-47(44-19-8-4-9-20-44)40-49(41-48)54-25-16-28-61-62(54)57-24-13-15-27-60(57)65(61)50-21-10-5-11-22-50/h3-42H,1-2H3/i4D,8D,9D,19D,20D,39D,40D,41D. The molecule has 0 bridgehead atoms. The van der Waals surface area contributed by atoms with E-state index in [1.165, 1.54) is 22.3 Å². The van der Waals surface area contributed by atoms with Gasteiger partial charge in [-0.2, -0.15) is 0 Å². The van der Waals surface area contributed by atoms with Crippen molar-refractivity contribution in [3.63, 3.8) is 0 Å². The van der Waals surface area contributed by atoms with Crippen LogP contribution < -0.4 is 4.90 Å². The van der Waals surface area contributed by atoms with Crippen molar-refractivity contribution in [1.29, 1.82) is 0 Å². The van der Waals surface area contributed by atoms with Crippen LogP contribution in [0.5, 0.6) is 0 Å². The van der Waals surface area contributed by atoms with E-state index in [2.05, 4.69) is 102 Å². The zero-order chi connectivity index (χ0) is 50.4. The van der Waals surface area contributed by atoms with Crippen LogP contribution in [0.2, 0.25) is 0 Å². The minimum Gasteiger partial charge on any atom is -0.310 e. The normalized spacial score (nSPS) is 14.3. The number of hydrogen-bond acceptors (Lipinski definition) is 1. The van der Waals surface area contributed by atoms with Crippen LogP contribution in [0.3, 0.4) is 0 Å². The topological polar surface area (TPSA) is 8.17 Å². The first kappa shape index (κ1) is 30.8. The molecular formula is C63H46N2. The van der Waals surface area contributed by atoms with E-state index < -0.39 is 30.2 Å². The Morgan fingerprint density at radius 2 is 0.938 bits per heavy atom. The zero-order valence-corrected chi connectivity index (χ0v) is 35.9. The van der Waals surface area contributed by atoms with Crippen LogP contribution in [0.4, 0.5) is 17.1 Å². The number of anilines is 3. The summed E-state index contributed by atoms with van der Waals surface area (Å²) < 4.78 is 76.2. The number of nitrogens with zero attached hydrogens (tertiary/aromatic N) is 2. The van der Waals surface area contributed by atoms with E-state index in [4.69, 9.17) is 6.85 Å². The van der Waals surface area contributed by atoms with Crippen molar-refractivity contribution in [2.45, 2.75) is 19.3 Å². The van der Waals surface area contributed by atoms with E-state index in [1.54, 1.807) is 0 Å². The summed E-state index contributed by atoms with van der Waals surface area (Å²) in [6, 6.07) is 62.0. The highest BCUT2D eigenvalue weighted by atomic mass is 15.1. The maximum absolute atomic E-state index is 10.1. The quantitative estimate of drug-likeness (QED) is 0.148. The Kier molecular flexibility index (Phi) is 7.36. The molecule has 1 aliphatic rings. The lowest BCUT2D eigenvalue weighted by Crippen LogP contribution is -2.16. The molecule has 2 heteroatoms. The maximum atomic E-state index is 10.1. The summed E-state index contributed by atoms with van der Waals surface area (Å²) in [5, 5.41) is 1.67. The predicted octanol–water partition coefficient (Wildman–Crippen LogP) is 17.2. The average Bonchev–Trinajstić information content (AvgIpc) is 3.88. The molecule has 0 saturated heterocycles. The second-order valence-electron chi connectivity index (χ2n) is 17.1. The van der Waals surface area contributed by atoms with Gasteiger partial charge in [0.25, 0.3) is 0 Å². The maximum Gasteiger partial charge on any atom is 0.0636 e. The van der Waals surface area contributed by atoms with E-state index in [1.807, 2.05) is 115 Å². The first-order valence-corrected chi connectivity index (χ1v) is 21.9. The number of rotatable bonds is 8. The highest BCUT2D eigenvalue weighted by molar-refractivity contribution is 6.16. The number of fused-ring (bicyclic) bond motifs is 6. The molecular weight excluding hydrogens is 785 g/mol. The average molecular weight is 839 g/mol. The van der Waals surface area contributed by atoms with Crippen LogP contribution in [-0.2, 0) is 5.41 Å². The summed E-state index contributed by atoms with van der Waals surface area (Å²) in [4.78, 5) is 2.21. The second kappa shape index (κ2) is 15.6. The van der Waals surface area contributed by atoms with E-state index >= 15 is 0 Å². The van der Waals surface area contributed by atoms with Crippen molar-refractivity contribution in [3.05, 3.63) is 254 Å². The molecule has 0 spiro atoms. The lowest BCUT2D eigenvalue weighted by Gasteiger charge is -2.28. The van der Waals surface area contributed by atoms with Crippen molar-refractivity contribution in [2.24, 2.45) is 0 Å². The Hall–Kier alpha value is -8.20. The molecule has 12 rings (SSSR count). The van der Waals surface area contributed by atoms with Gasteiger partial charge in [-0.15, -0.1) is 0 Å². The summed E-state index contributed by atoms with van der Waals surface area (Å²) in [7, 11) is 0. The van der Waals surface area contributed by atoms with Gasteiger partial charge in [-0.25, -0.2) is 0 Å². The number of hydrogen-bond donors (Lipinski definition) is 0. The Balaban J connectivity index is 1.08. The highest BCUT2D eigenvalue weighted by Gasteiger charge is 2.35. The van der Waals surface area contributed by atoms with Crippen LogP contribution >= 0.6 is 0 Å². The molecule has 2 nitrogen and oxygen atoms in total. The van der Waals surface area contributed by atoms with E-state index in [0.717, 1.165) is 55.7 Å². The molecule has 11 aromatic rings. The third-order valence-corrected chi connectivity index (χ3v) is 13.0. The molecule has 0 saturated carbocycles. The molecule has 1 heterocycles. The fourth-order valence-electron chi connectivity index (χ4n) is 9.82. The van der Waals surface area contributed by atoms with Gasteiger partial charge in [0.05, 0.1) is 22.0 Å². The summed E-state index contributed by atoms with van der Waals surface area (Å²) in [6.45, 7) is 4.53.